The molecule has 0 aromatic heterocycles. The molecule has 0 radical (unpaired) electrons. The maximum Gasteiger partial charge on any atom is 0.141 e. The van der Waals surface area contributed by atoms with Crippen LogP contribution in [0.3, 0.4) is 0 Å². The lowest BCUT2D eigenvalue weighted by molar-refractivity contribution is -0.108. The summed E-state index contributed by atoms with van der Waals surface area (Å²) in [6.45, 7) is 1.90. The van der Waals surface area contributed by atoms with Gasteiger partial charge in [0.25, 0.3) is 0 Å². The van der Waals surface area contributed by atoms with Crippen LogP contribution in [0.15, 0.2) is 10.3 Å². The summed E-state index contributed by atoms with van der Waals surface area (Å²) in [5.41, 5.74) is 0. The van der Waals surface area contributed by atoms with Crippen LogP contribution in [0.4, 0.5) is 0 Å². The molecule has 44 valence electrons. The number of hydrogen-bond acceptors (Lipinski definition) is 4. The van der Waals surface area contributed by atoms with E-state index in [4.69, 9.17) is 0 Å². The Kier molecular flexibility index (Phi) is 1.56. The van der Waals surface area contributed by atoms with Crippen molar-refractivity contribution in [1.82, 2.24) is 5.01 Å². The van der Waals surface area contributed by atoms with Crippen LogP contribution in [0.2, 0.25) is 0 Å². The van der Waals surface area contributed by atoms with E-state index in [1.165, 1.54) is 0 Å². The Labute approximate surface area is 47.2 Å². The van der Waals surface area contributed by atoms with Crippen LogP contribution in [0.1, 0.15) is 0 Å². The summed E-state index contributed by atoms with van der Waals surface area (Å²) in [5, 5.41) is 8.96. The predicted octanol–water partition coefficient (Wildman–Crippen LogP) is -0.132. The molecule has 0 saturated carbocycles. The number of carbonyl (C=O) groups excluding carboxylic acids is 1. The Morgan fingerprint density at radius 2 is 2.62 bits per heavy atom. The van der Waals surface area contributed by atoms with Gasteiger partial charge in [0.2, 0.25) is 0 Å². The van der Waals surface area contributed by atoms with Gasteiger partial charge < -0.3 is 4.79 Å². The summed E-state index contributed by atoms with van der Waals surface area (Å²) in [7, 11) is 0. The molecule has 0 N–H and O–H groups in total. The molecule has 8 heavy (non-hydrogen) atoms. The number of carbonyl (C=O) groups is 1. The van der Waals surface area contributed by atoms with Gasteiger partial charge in [-0.05, 0) is 0 Å². The van der Waals surface area contributed by atoms with Gasteiger partial charge in [-0.1, -0.05) is 5.22 Å². The van der Waals surface area contributed by atoms with E-state index in [1.807, 2.05) is 0 Å². The van der Waals surface area contributed by atoms with Crippen LogP contribution in [0.5, 0.6) is 0 Å². The minimum Gasteiger partial charge on any atom is -0.301 e. The predicted molar refractivity (Wildman–Crippen MR) is 27.4 cm³/mol. The lowest BCUT2D eigenvalue weighted by Gasteiger charge is -2.03. The molecule has 0 bridgehead atoms. The van der Waals surface area contributed by atoms with Crippen molar-refractivity contribution in [2.24, 2.45) is 10.3 Å². The first-order chi connectivity index (χ1) is 3.93. The molecular formula is C4H7N3O. The Morgan fingerprint density at radius 3 is 3.12 bits per heavy atom. The molecule has 0 aliphatic carbocycles. The first-order valence-corrected chi connectivity index (χ1v) is 2.49. The molecule has 0 spiro atoms. The Morgan fingerprint density at radius 1 is 1.75 bits per heavy atom. The summed E-state index contributed by atoms with van der Waals surface area (Å²) >= 11 is 0. The Bertz CT molecular complexity index is 112. The van der Waals surface area contributed by atoms with Crippen molar-refractivity contribution < 1.29 is 4.79 Å². The van der Waals surface area contributed by atoms with Gasteiger partial charge in [0.1, 0.15) is 6.29 Å². The second-order valence-electron chi connectivity index (χ2n) is 1.53. The molecule has 1 aliphatic rings. The maximum absolute atomic E-state index is 9.82. The minimum atomic E-state index is 0.378. The first kappa shape index (κ1) is 5.21. The van der Waals surface area contributed by atoms with Crippen molar-refractivity contribution >= 4 is 6.29 Å². The highest BCUT2D eigenvalue weighted by molar-refractivity contribution is 5.51. The number of aldehydes is 1. The van der Waals surface area contributed by atoms with Crippen molar-refractivity contribution in [2.45, 2.75) is 0 Å². The van der Waals surface area contributed by atoms with Gasteiger partial charge in [0.15, 0.2) is 0 Å². The molecule has 0 amide bonds. The molecule has 0 aromatic rings. The topological polar surface area (TPSA) is 45.0 Å². The normalized spacial score (nSPS) is 17.2. The fourth-order valence-corrected chi connectivity index (χ4v) is 0.553. The van der Waals surface area contributed by atoms with Crippen LogP contribution < -0.4 is 0 Å². The van der Waals surface area contributed by atoms with E-state index in [1.54, 1.807) is 5.01 Å². The number of rotatable bonds is 2. The molecule has 0 saturated heterocycles. The summed E-state index contributed by atoms with van der Waals surface area (Å²) in [5.74, 6) is 0. The number of hydrogen-bond donors (Lipinski definition) is 0. The molecule has 1 aliphatic heterocycles. The fraction of sp³-hybridized carbons (Fsp3) is 0.750. The van der Waals surface area contributed by atoms with Crippen molar-refractivity contribution in [3.63, 3.8) is 0 Å². The minimum absolute atomic E-state index is 0.378. The smallest absolute Gasteiger partial charge is 0.141 e. The van der Waals surface area contributed by atoms with Gasteiger partial charge in [-0.15, -0.1) is 0 Å². The van der Waals surface area contributed by atoms with Gasteiger partial charge >= 0.3 is 0 Å². The summed E-state index contributed by atoms with van der Waals surface area (Å²) < 4.78 is 0. The summed E-state index contributed by atoms with van der Waals surface area (Å²) in [4.78, 5) is 9.82. The highest BCUT2D eigenvalue weighted by Gasteiger charge is 2.03. The van der Waals surface area contributed by atoms with Crippen LogP contribution >= 0.6 is 0 Å². The lowest BCUT2D eigenvalue weighted by Crippen LogP contribution is -2.17. The molecule has 0 unspecified atom stereocenters. The molecule has 4 heteroatoms. The summed E-state index contributed by atoms with van der Waals surface area (Å²) in [6.07, 6.45) is 0.824. The van der Waals surface area contributed by atoms with E-state index in [2.05, 4.69) is 10.3 Å². The van der Waals surface area contributed by atoms with Gasteiger partial charge in [-0.3, -0.25) is 5.01 Å². The molecule has 0 aromatic carbocycles. The third kappa shape index (κ3) is 1.02. The van der Waals surface area contributed by atoms with E-state index in [0.717, 1.165) is 19.4 Å². The second-order valence-corrected chi connectivity index (χ2v) is 1.53. The molecule has 4 nitrogen and oxygen atoms in total. The van der Waals surface area contributed by atoms with Crippen LogP contribution in [-0.4, -0.2) is 30.9 Å². The number of nitrogens with zero attached hydrogens (tertiary/aromatic N) is 3. The zero-order chi connectivity index (χ0) is 5.82. The molecule has 1 heterocycles. The van der Waals surface area contributed by atoms with Crippen LogP contribution in [0.25, 0.3) is 0 Å². The highest BCUT2D eigenvalue weighted by Crippen LogP contribution is 1.96. The van der Waals surface area contributed by atoms with Crippen LogP contribution in [-0.2, 0) is 4.79 Å². The van der Waals surface area contributed by atoms with E-state index in [9.17, 15) is 4.79 Å². The highest BCUT2D eigenvalue weighted by atomic mass is 16.1. The van der Waals surface area contributed by atoms with E-state index < -0.39 is 0 Å². The zero-order valence-electron chi connectivity index (χ0n) is 4.45. The quantitative estimate of drug-likeness (QED) is 0.468. The van der Waals surface area contributed by atoms with Gasteiger partial charge in [0, 0.05) is 0 Å². The largest absolute Gasteiger partial charge is 0.301 e. The van der Waals surface area contributed by atoms with Gasteiger partial charge in [-0.25, -0.2) is 0 Å². The van der Waals surface area contributed by atoms with Gasteiger partial charge in [0.05, 0.1) is 19.6 Å². The third-order valence-electron chi connectivity index (χ3n) is 0.933. The standard InChI is InChI=1S/C4H7N3O/c8-4-3-7-2-1-5-6-7/h4H,1-3H2. The van der Waals surface area contributed by atoms with E-state index in [0.29, 0.717) is 6.54 Å². The van der Waals surface area contributed by atoms with Crippen molar-refractivity contribution in [2.75, 3.05) is 19.6 Å². The summed E-state index contributed by atoms with van der Waals surface area (Å²) in [6, 6.07) is 0. The SMILES string of the molecule is O=CCN1CCN=N1. The molecular weight excluding hydrogens is 106 g/mol. The van der Waals surface area contributed by atoms with Crippen LogP contribution in [0, 0.1) is 0 Å². The fourth-order valence-electron chi connectivity index (χ4n) is 0.553. The van der Waals surface area contributed by atoms with Crippen molar-refractivity contribution in [1.29, 1.82) is 0 Å². The van der Waals surface area contributed by atoms with Crippen molar-refractivity contribution in [3.8, 4) is 0 Å². The Hall–Kier alpha value is -0.930. The van der Waals surface area contributed by atoms with Crippen molar-refractivity contribution in [3.05, 3.63) is 0 Å². The zero-order valence-corrected chi connectivity index (χ0v) is 4.45. The molecule has 1 rings (SSSR count). The maximum atomic E-state index is 9.82. The lowest BCUT2D eigenvalue weighted by atomic mass is 10.6. The Balaban J connectivity index is 2.25. The monoisotopic (exact) mass is 113 g/mol. The van der Waals surface area contributed by atoms with Gasteiger partial charge in [-0.2, -0.15) is 5.11 Å². The average Bonchev–Trinajstić information content (AvgIpc) is 2.19. The second kappa shape index (κ2) is 2.40. The van der Waals surface area contributed by atoms with E-state index in [-0.39, 0.29) is 0 Å². The third-order valence-corrected chi connectivity index (χ3v) is 0.933. The van der Waals surface area contributed by atoms with E-state index >= 15 is 0 Å². The average molecular weight is 113 g/mol. The molecule has 0 fully saturated rings. The first-order valence-electron chi connectivity index (χ1n) is 2.49. The molecule has 0 atom stereocenters.